The van der Waals surface area contributed by atoms with E-state index in [0.717, 1.165) is 11.1 Å². The summed E-state index contributed by atoms with van der Waals surface area (Å²) in [5.41, 5.74) is 2.48. The van der Waals surface area contributed by atoms with Gasteiger partial charge < -0.3 is 4.90 Å². The minimum absolute atomic E-state index is 0.0452. The van der Waals surface area contributed by atoms with Crippen molar-refractivity contribution in [3.63, 3.8) is 0 Å². The molecule has 0 saturated carbocycles. The normalized spacial score (nSPS) is 18.9. The fourth-order valence-corrected chi connectivity index (χ4v) is 5.03. The molecule has 1 aliphatic rings. The molecule has 132 valence electrons. The van der Waals surface area contributed by atoms with Crippen LogP contribution in [0.15, 0.2) is 42.5 Å². The Bertz CT molecular complexity index is 904. The lowest BCUT2D eigenvalue weighted by molar-refractivity contribution is 0.0975. The molecule has 1 fully saturated rings. The maximum absolute atomic E-state index is 14.1. The van der Waals surface area contributed by atoms with Gasteiger partial charge >= 0.3 is 0 Å². The SMILES string of the molecule is Cc1cc(C)cc(N(C(=O)c2ccccc2F)C2CCS(=O)(=O)C2)c1. The Morgan fingerprint density at radius 1 is 1.12 bits per heavy atom. The second-order valence-corrected chi connectivity index (χ2v) is 8.79. The average Bonchev–Trinajstić information content (AvgIpc) is 2.86. The van der Waals surface area contributed by atoms with Gasteiger partial charge in [0.1, 0.15) is 5.82 Å². The number of aryl methyl sites for hydroxylation is 2. The molecule has 2 aromatic rings. The highest BCUT2D eigenvalue weighted by Crippen LogP contribution is 2.28. The molecular formula is C19H20FNO3S. The summed E-state index contributed by atoms with van der Waals surface area (Å²) in [5, 5.41) is 0. The van der Waals surface area contributed by atoms with E-state index in [-0.39, 0.29) is 17.1 Å². The predicted molar refractivity (Wildman–Crippen MR) is 96.2 cm³/mol. The van der Waals surface area contributed by atoms with E-state index < -0.39 is 27.6 Å². The van der Waals surface area contributed by atoms with E-state index in [1.54, 1.807) is 6.07 Å². The second kappa shape index (κ2) is 6.59. The van der Waals surface area contributed by atoms with Crippen molar-refractivity contribution in [3.8, 4) is 0 Å². The molecule has 4 nitrogen and oxygen atoms in total. The molecule has 0 spiro atoms. The Morgan fingerprint density at radius 2 is 1.76 bits per heavy atom. The third-order valence-electron chi connectivity index (χ3n) is 4.38. The van der Waals surface area contributed by atoms with Gasteiger partial charge in [-0.05, 0) is 55.7 Å². The van der Waals surface area contributed by atoms with Crippen LogP contribution in [-0.2, 0) is 9.84 Å². The number of anilines is 1. The van der Waals surface area contributed by atoms with Crippen LogP contribution in [0.2, 0.25) is 0 Å². The maximum Gasteiger partial charge on any atom is 0.261 e. The van der Waals surface area contributed by atoms with E-state index in [2.05, 4.69) is 0 Å². The molecule has 1 aliphatic heterocycles. The van der Waals surface area contributed by atoms with Crippen LogP contribution < -0.4 is 4.90 Å². The van der Waals surface area contributed by atoms with Crippen LogP contribution in [0.4, 0.5) is 10.1 Å². The number of carbonyl (C=O) groups excluding carboxylic acids is 1. The zero-order valence-electron chi connectivity index (χ0n) is 14.2. The molecule has 25 heavy (non-hydrogen) atoms. The Morgan fingerprint density at radius 3 is 2.32 bits per heavy atom. The lowest BCUT2D eigenvalue weighted by atomic mass is 10.1. The standard InChI is InChI=1S/C19H20FNO3S/c1-13-9-14(2)11-16(10-13)21(15-7-8-25(23,24)12-15)19(22)17-5-3-4-6-18(17)20/h3-6,9-11,15H,7-8,12H2,1-2H3. The van der Waals surface area contributed by atoms with E-state index in [4.69, 9.17) is 0 Å². The summed E-state index contributed by atoms with van der Waals surface area (Å²) in [6, 6.07) is 10.9. The van der Waals surface area contributed by atoms with Crippen molar-refractivity contribution in [2.75, 3.05) is 16.4 Å². The first kappa shape index (κ1) is 17.6. The van der Waals surface area contributed by atoms with Crippen LogP contribution in [0.1, 0.15) is 27.9 Å². The zero-order chi connectivity index (χ0) is 18.2. The summed E-state index contributed by atoms with van der Waals surface area (Å²) in [7, 11) is -3.18. The van der Waals surface area contributed by atoms with Gasteiger partial charge in [0.05, 0.1) is 23.1 Å². The van der Waals surface area contributed by atoms with Crippen LogP contribution in [0, 0.1) is 19.7 Å². The van der Waals surface area contributed by atoms with E-state index >= 15 is 0 Å². The molecule has 2 aromatic carbocycles. The van der Waals surface area contributed by atoms with Crippen LogP contribution in [0.3, 0.4) is 0 Å². The fraction of sp³-hybridized carbons (Fsp3) is 0.316. The molecule has 1 unspecified atom stereocenters. The molecular weight excluding hydrogens is 341 g/mol. The van der Waals surface area contributed by atoms with E-state index in [9.17, 15) is 17.6 Å². The van der Waals surface area contributed by atoms with Gasteiger partial charge in [-0.15, -0.1) is 0 Å². The largest absolute Gasteiger partial charge is 0.304 e. The van der Waals surface area contributed by atoms with E-state index in [1.807, 2.05) is 32.0 Å². The Hall–Kier alpha value is -2.21. The molecule has 1 saturated heterocycles. The number of hydrogen-bond donors (Lipinski definition) is 0. The minimum atomic E-state index is -3.18. The highest BCUT2D eigenvalue weighted by atomic mass is 32.2. The van der Waals surface area contributed by atoms with Crippen molar-refractivity contribution < 1.29 is 17.6 Å². The van der Waals surface area contributed by atoms with Gasteiger partial charge in [-0.3, -0.25) is 4.79 Å². The highest BCUT2D eigenvalue weighted by molar-refractivity contribution is 7.91. The second-order valence-electron chi connectivity index (χ2n) is 6.56. The minimum Gasteiger partial charge on any atom is -0.304 e. The van der Waals surface area contributed by atoms with Crippen molar-refractivity contribution in [1.29, 1.82) is 0 Å². The maximum atomic E-state index is 14.1. The molecule has 0 N–H and O–H groups in total. The number of nitrogens with zero attached hydrogens (tertiary/aromatic N) is 1. The quantitative estimate of drug-likeness (QED) is 0.843. The number of sulfone groups is 1. The molecule has 0 aromatic heterocycles. The topological polar surface area (TPSA) is 54.5 Å². The summed E-state index contributed by atoms with van der Waals surface area (Å²) >= 11 is 0. The third-order valence-corrected chi connectivity index (χ3v) is 6.13. The number of amides is 1. The highest BCUT2D eigenvalue weighted by Gasteiger charge is 2.36. The van der Waals surface area contributed by atoms with Crippen LogP contribution in [0.25, 0.3) is 0 Å². The lowest BCUT2D eigenvalue weighted by Gasteiger charge is -2.29. The molecule has 0 aliphatic carbocycles. The zero-order valence-corrected chi connectivity index (χ0v) is 15.0. The molecule has 1 heterocycles. The van der Waals surface area contributed by atoms with Crippen molar-refractivity contribution in [1.82, 2.24) is 0 Å². The summed E-state index contributed by atoms with van der Waals surface area (Å²) in [4.78, 5) is 14.5. The van der Waals surface area contributed by atoms with E-state index in [1.165, 1.54) is 23.1 Å². The smallest absolute Gasteiger partial charge is 0.261 e. The first-order valence-electron chi connectivity index (χ1n) is 8.14. The van der Waals surface area contributed by atoms with Gasteiger partial charge in [-0.2, -0.15) is 0 Å². The van der Waals surface area contributed by atoms with Gasteiger partial charge in [-0.1, -0.05) is 18.2 Å². The van der Waals surface area contributed by atoms with Crippen molar-refractivity contribution in [2.45, 2.75) is 26.3 Å². The van der Waals surface area contributed by atoms with Gasteiger partial charge in [0.25, 0.3) is 5.91 Å². The van der Waals surface area contributed by atoms with Gasteiger partial charge in [0.2, 0.25) is 0 Å². The summed E-state index contributed by atoms with van der Waals surface area (Å²) in [6.45, 7) is 3.82. The van der Waals surface area contributed by atoms with Crippen molar-refractivity contribution >= 4 is 21.4 Å². The van der Waals surface area contributed by atoms with Crippen LogP contribution in [-0.4, -0.2) is 31.9 Å². The average molecular weight is 361 g/mol. The monoisotopic (exact) mass is 361 g/mol. The Kier molecular flexibility index (Phi) is 4.64. The molecule has 3 rings (SSSR count). The number of rotatable bonds is 3. The predicted octanol–water partition coefficient (Wildman–Crippen LogP) is 3.28. The van der Waals surface area contributed by atoms with E-state index in [0.29, 0.717) is 12.1 Å². The number of carbonyl (C=O) groups is 1. The fourth-order valence-electron chi connectivity index (χ4n) is 3.33. The van der Waals surface area contributed by atoms with Crippen molar-refractivity contribution in [2.24, 2.45) is 0 Å². The molecule has 6 heteroatoms. The summed E-state index contributed by atoms with van der Waals surface area (Å²) in [6.07, 6.45) is 0.357. The van der Waals surface area contributed by atoms with Crippen LogP contribution >= 0.6 is 0 Å². The van der Waals surface area contributed by atoms with Gasteiger partial charge in [0, 0.05) is 5.69 Å². The van der Waals surface area contributed by atoms with Crippen molar-refractivity contribution in [3.05, 3.63) is 65.0 Å². The molecule has 1 amide bonds. The van der Waals surface area contributed by atoms with Gasteiger partial charge in [-0.25, -0.2) is 12.8 Å². The molecule has 0 bridgehead atoms. The lowest BCUT2D eigenvalue weighted by Crippen LogP contribution is -2.41. The third kappa shape index (κ3) is 3.74. The summed E-state index contributed by atoms with van der Waals surface area (Å²) < 4.78 is 38.0. The summed E-state index contributed by atoms with van der Waals surface area (Å²) in [5.74, 6) is -1.17. The number of hydrogen-bond acceptors (Lipinski definition) is 3. The molecule has 0 radical (unpaired) electrons. The first-order valence-corrected chi connectivity index (χ1v) is 9.96. The molecule has 1 atom stereocenters. The number of halogens is 1. The Balaban J connectivity index is 2.09. The van der Waals surface area contributed by atoms with Gasteiger partial charge in [0.15, 0.2) is 9.84 Å². The van der Waals surface area contributed by atoms with Crippen LogP contribution in [0.5, 0.6) is 0 Å². The first-order chi connectivity index (χ1) is 11.8. The number of benzene rings is 2. The Labute approximate surface area is 147 Å².